The maximum absolute atomic E-state index is 13.5. The monoisotopic (exact) mass is 416 g/mol. The van der Waals surface area contributed by atoms with E-state index in [4.69, 9.17) is 4.74 Å². The lowest BCUT2D eigenvalue weighted by Crippen LogP contribution is -2.52. The Kier molecular flexibility index (Phi) is 5.27. The molecule has 1 aromatic heterocycles. The fourth-order valence-electron chi connectivity index (χ4n) is 4.55. The van der Waals surface area contributed by atoms with Gasteiger partial charge in [0.2, 0.25) is 10.0 Å². The van der Waals surface area contributed by atoms with Gasteiger partial charge in [-0.25, -0.2) is 13.4 Å². The number of rotatable bonds is 4. The molecule has 0 amide bonds. The third-order valence-corrected chi connectivity index (χ3v) is 8.00. The first-order valence-electron chi connectivity index (χ1n) is 9.89. The number of hydrogen-bond acceptors (Lipinski definition) is 6. The molecule has 8 heteroatoms. The Morgan fingerprint density at radius 3 is 2.48 bits per heavy atom. The SMILES string of the molecule is COc1ccc(CN2C[C@H]3[C@H](C2)N(C(C)C)S(=O)(=O)c2cccnc2N3C)cc1. The summed E-state index contributed by atoms with van der Waals surface area (Å²) in [6.45, 7) is 6.13. The van der Waals surface area contributed by atoms with Gasteiger partial charge in [0, 0.05) is 38.9 Å². The highest BCUT2D eigenvalue weighted by molar-refractivity contribution is 7.89. The average Bonchev–Trinajstić information content (AvgIpc) is 3.07. The standard InChI is InChI=1S/C21H28N4O3S/c1-15(2)25-19-14-24(12-16-7-9-17(28-4)10-8-16)13-18(19)23(3)21-20(29(25,26)27)6-5-11-22-21/h5-11,15,18-19H,12-14H2,1-4H3/t18-,19-/m0/s1. The van der Waals surface area contributed by atoms with E-state index in [0.717, 1.165) is 18.8 Å². The van der Waals surface area contributed by atoms with Crippen molar-refractivity contribution in [1.82, 2.24) is 14.2 Å². The number of sulfonamides is 1. The zero-order valence-corrected chi connectivity index (χ0v) is 18.1. The van der Waals surface area contributed by atoms with Gasteiger partial charge in [-0.2, -0.15) is 4.31 Å². The van der Waals surface area contributed by atoms with Crippen LogP contribution in [0.2, 0.25) is 0 Å². The van der Waals surface area contributed by atoms with Gasteiger partial charge in [0.05, 0.1) is 19.2 Å². The Bertz CT molecular complexity index is 978. The van der Waals surface area contributed by atoms with E-state index in [9.17, 15) is 8.42 Å². The molecule has 2 atom stereocenters. The minimum atomic E-state index is -3.62. The number of nitrogens with zero attached hydrogens (tertiary/aromatic N) is 4. The lowest BCUT2D eigenvalue weighted by molar-refractivity contribution is 0.249. The highest BCUT2D eigenvalue weighted by Crippen LogP contribution is 2.37. The molecule has 4 rings (SSSR count). The molecule has 1 aromatic carbocycles. The number of likely N-dealkylation sites (tertiary alicyclic amines) is 1. The zero-order chi connectivity index (χ0) is 20.8. The predicted octanol–water partition coefficient (Wildman–Crippen LogP) is 2.19. The second kappa shape index (κ2) is 7.59. The van der Waals surface area contributed by atoms with Crippen molar-refractivity contribution in [3.8, 4) is 5.75 Å². The number of anilines is 1. The number of aromatic nitrogens is 1. The highest BCUT2D eigenvalue weighted by Gasteiger charge is 2.49. The molecule has 0 aliphatic carbocycles. The number of benzene rings is 1. The van der Waals surface area contributed by atoms with Gasteiger partial charge in [-0.3, -0.25) is 4.90 Å². The molecule has 3 heterocycles. The van der Waals surface area contributed by atoms with Crippen LogP contribution in [0.1, 0.15) is 19.4 Å². The van der Waals surface area contributed by atoms with Crippen LogP contribution in [0.25, 0.3) is 0 Å². The zero-order valence-electron chi connectivity index (χ0n) is 17.3. The fourth-order valence-corrected chi connectivity index (χ4v) is 6.58. The van der Waals surface area contributed by atoms with E-state index in [-0.39, 0.29) is 18.1 Å². The number of methoxy groups -OCH3 is 1. The summed E-state index contributed by atoms with van der Waals surface area (Å²) < 4.78 is 34.0. The molecule has 2 aliphatic heterocycles. The van der Waals surface area contributed by atoms with Crippen LogP contribution in [0, 0.1) is 0 Å². The Balaban J connectivity index is 1.67. The maximum Gasteiger partial charge on any atom is 0.247 e. The van der Waals surface area contributed by atoms with Crippen LogP contribution in [0.3, 0.4) is 0 Å². The van der Waals surface area contributed by atoms with Gasteiger partial charge < -0.3 is 9.64 Å². The smallest absolute Gasteiger partial charge is 0.247 e. The molecule has 1 saturated heterocycles. The van der Waals surface area contributed by atoms with E-state index in [1.165, 1.54) is 5.56 Å². The Morgan fingerprint density at radius 1 is 1.14 bits per heavy atom. The summed E-state index contributed by atoms with van der Waals surface area (Å²) in [5.74, 6) is 1.37. The summed E-state index contributed by atoms with van der Waals surface area (Å²) in [6, 6.07) is 11.2. The van der Waals surface area contributed by atoms with Crippen LogP contribution in [-0.4, -0.2) is 68.0 Å². The van der Waals surface area contributed by atoms with Crippen molar-refractivity contribution in [2.75, 3.05) is 32.1 Å². The second-order valence-corrected chi connectivity index (χ2v) is 9.85. The normalized spacial score (nSPS) is 24.2. The van der Waals surface area contributed by atoms with Crippen LogP contribution < -0.4 is 9.64 Å². The first-order valence-corrected chi connectivity index (χ1v) is 11.3. The summed E-state index contributed by atoms with van der Waals surface area (Å²) in [5, 5.41) is 0. The van der Waals surface area contributed by atoms with Crippen molar-refractivity contribution >= 4 is 15.8 Å². The number of fused-ring (bicyclic) bond motifs is 2. The molecule has 0 radical (unpaired) electrons. The number of ether oxygens (including phenoxy) is 1. The Labute approximate surface area is 172 Å². The van der Waals surface area contributed by atoms with Crippen LogP contribution in [0.5, 0.6) is 5.75 Å². The van der Waals surface area contributed by atoms with Crippen LogP contribution in [-0.2, 0) is 16.6 Å². The summed E-state index contributed by atoms with van der Waals surface area (Å²) in [4.78, 5) is 9.10. The summed E-state index contributed by atoms with van der Waals surface area (Å²) in [7, 11) is -0.00840. The molecule has 2 aromatic rings. The molecule has 2 aliphatic rings. The molecule has 0 spiro atoms. The van der Waals surface area contributed by atoms with Crippen molar-refractivity contribution in [2.45, 2.75) is 43.4 Å². The van der Waals surface area contributed by atoms with Gasteiger partial charge in [0.15, 0.2) is 0 Å². The van der Waals surface area contributed by atoms with Crippen molar-refractivity contribution in [2.24, 2.45) is 0 Å². The molecule has 0 saturated carbocycles. The van der Waals surface area contributed by atoms with Crippen LogP contribution in [0.4, 0.5) is 5.82 Å². The average molecular weight is 417 g/mol. The van der Waals surface area contributed by atoms with Gasteiger partial charge >= 0.3 is 0 Å². The molecule has 0 N–H and O–H groups in total. The van der Waals surface area contributed by atoms with Crippen LogP contribution in [0.15, 0.2) is 47.5 Å². The van der Waals surface area contributed by atoms with Gasteiger partial charge in [-0.05, 0) is 43.7 Å². The topological polar surface area (TPSA) is 66.0 Å². The maximum atomic E-state index is 13.5. The number of hydrogen-bond donors (Lipinski definition) is 0. The molecule has 1 fully saturated rings. The summed E-state index contributed by atoms with van der Waals surface area (Å²) >= 11 is 0. The van der Waals surface area contributed by atoms with Gasteiger partial charge in [-0.15, -0.1) is 0 Å². The minimum absolute atomic E-state index is 0.0431. The minimum Gasteiger partial charge on any atom is -0.497 e. The third kappa shape index (κ3) is 3.49. The molecule has 0 bridgehead atoms. The van der Waals surface area contributed by atoms with Crippen molar-refractivity contribution in [3.63, 3.8) is 0 Å². The Hall–Kier alpha value is -2.16. The number of likely N-dealkylation sites (N-methyl/N-ethyl adjacent to an activating group) is 1. The van der Waals surface area contributed by atoms with Crippen molar-refractivity contribution < 1.29 is 13.2 Å². The first-order chi connectivity index (χ1) is 13.8. The predicted molar refractivity (Wildman–Crippen MR) is 113 cm³/mol. The molecule has 156 valence electrons. The van der Waals surface area contributed by atoms with Gasteiger partial charge in [-0.1, -0.05) is 12.1 Å². The second-order valence-electron chi connectivity index (χ2n) is 8.04. The van der Waals surface area contributed by atoms with E-state index in [2.05, 4.69) is 22.0 Å². The Morgan fingerprint density at radius 2 is 1.83 bits per heavy atom. The van der Waals surface area contributed by atoms with E-state index >= 15 is 0 Å². The van der Waals surface area contributed by atoms with Gasteiger partial charge in [0.1, 0.15) is 16.5 Å². The van der Waals surface area contributed by atoms with Crippen LogP contribution >= 0.6 is 0 Å². The van der Waals surface area contributed by atoms with E-state index in [1.54, 1.807) is 29.7 Å². The lowest BCUT2D eigenvalue weighted by Gasteiger charge is -2.34. The van der Waals surface area contributed by atoms with E-state index < -0.39 is 10.0 Å². The molecular weight excluding hydrogens is 388 g/mol. The van der Waals surface area contributed by atoms with Crippen molar-refractivity contribution in [3.05, 3.63) is 48.2 Å². The van der Waals surface area contributed by atoms with Crippen molar-refractivity contribution in [1.29, 1.82) is 0 Å². The molecule has 7 nitrogen and oxygen atoms in total. The molecule has 0 unspecified atom stereocenters. The van der Waals surface area contributed by atoms with Gasteiger partial charge in [0.25, 0.3) is 0 Å². The lowest BCUT2D eigenvalue weighted by atomic mass is 10.1. The highest BCUT2D eigenvalue weighted by atomic mass is 32.2. The molecule has 29 heavy (non-hydrogen) atoms. The number of pyridine rings is 1. The first kappa shape index (κ1) is 20.1. The summed E-state index contributed by atoms with van der Waals surface area (Å²) in [6.07, 6.45) is 1.66. The fraction of sp³-hybridized carbons (Fsp3) is 0.476. The molecular formula is C21H28N4O3S. The third-order valence-electron chi connectivity index (χ3n) is 5.87. The quantitative estimate of drug-likeness (QED) is 0.761. The van der Waals surface area contributed by atoms with E-state index in [0.29, 0.717) is 17.3 Å². The van der Waals surface area contributed by atoms with E-state index in [1.807, 2.05) is 37.9 Å². The largest absolute Gasteiger partial charge is 0.497 e. The summed E-state index contributed by atoms with van der Waals surface area (Å²) in [5.41, 5.74) is 1.18.